The summed E-state index contributed by atoms with van der Waals surface area (Å²) in [5.41, 5.74) is 4.08. The average molecular weight is 515 g/mol. The van der Waals surface area contributed by atoms with Crippen LogP contribution in [0.2, 0.25) is 22.2 Å². The van der Waals surface area contributed by atoms with Crippen molar-refractivity contribution in [1.82, 2.24) is 9.97 Å². The molecule has 0 spiro atoms. The third-order valence-electron chi connectivity index (χ3n) is 7.63. The van der Waals surface area contributed by atoms with Gasteiger partial charge in [-0.2, -0.15) is 0 Å². The normalized spacial score (nSPS) is 26.2. The van der Waals surface area contributed by atoms with E-state index in [1.807, 2.05) is 30.5 Å². The predicted octanol–water partition coefficient (Wildman–Crippen LogP) is 6.93. The van der Waals surface area contributed by atoms with Crippen LogP contribution in [0.4, 0.5) is 0 Å². The molecule has 192 valence electrons. The molecule has 2 saturated heterocycles. The van der Waals surface area contributed by atoms with Crippen LogP contribution in [0.15, 0.2) is 42.7 Å². The van der Waals surface area contributed by atoms with E-state index < -0.39 is 17.1 Å². The van der Waals surface area contributed by atoms with Crippen LogP contribution in [0.25, 0.3) is 11.4 Å². The van der Waals surface area contributed by atoms with Gasteiger partial charge in [-0.3, -0.25) is 9.97 Å². The van der Waals surface area contributed by atoms with Crippen molar-refractivity contribution in [3.05, 3.63) is 48.3 Å². The van der Waals surface area contributed by atoms with E-state index in [9.17, 15) is 0 Å². The fourth-order valence-electron chi connectivity index (χ4n) is 5.63. The van der Waals surface area contributed by atoms with E-state index in [1.54, 1.807) is 6.20 Å². The van der Waals surface area contributed by atoms with E-state index in [-0.39, 0.29) is 18.3 Å². The first kappa shape index (κ1) is 26.6. The Balaban J connectivity index is 1.62. The van der Waals surface area contributed by atoms with Gasteiger partial charge in [0.1, 0.15) is 6.10 Å². The monoisotopic (exact) mass is 514 g/mol. The first-order chi connectivity index (χ1) is 16.6. The summed E-state index contributed by atoms with van der Waals surface area (Å²) in [6.45, 7) is 18.6. The Morgan fingerprint density at radius 1 is 0.771 bits per heavy atom. The molecule has 4 rings (SSSR count). The summed E-state index contributed by atoms with van der Waals surface area (Å²) < 4.78 is 27.9. The fourth-order valence-corrected chi connectivity index (χ4v) is 16.8. The molecule has 0 aliphatic carbocycles. The average Bonchev–Trinajstić information content (AvgIpc) is 3.21. The highest BCUT2D eigenvalue weighted by Gasteiger charge is 2.60. The quantitative estimate of drug-likeness (QED) is 0.390. The maximum Gasteiger partial charge on any atom is 0.335 e. The van der Waals surface area contributed by atoms with Crippen molar-refractivity contribution < 1.29 is 17.7 Å². The SMILES string of the molecule is CC(C)[Si]1(C(C)C)OC[C@H]2O[C@@H](c3ccc(-c4ccccn4)nc3)C[C@@H]2O[Si](C(C)C)(C(C)C)O1. The second-order valence-corrected chi connectivity index (χ2v) is 20.1. The molecule has 0 bridgehead atoms. The van der Waals surface area contributed by atoms with E-state index in [2.05, 4.69) is 71.4 Å². The van der Waals surface area contributed by atoms with Gasteiger partial charge in [0.15, 0.2) is 0 Å². The largest absolute Gasteiger partial charge is 0.414 e. The van der Waals surface area contributed by atoms with Crippen LogP contribution in [0, 0.1) is 0 Å². The molecule has 0 amide bonds. The molecule has 0 saturated carbocycles. The number of hydrogen-bond acceptors (Lipinski definition) is 6. The standard InChI is InChI=1S/C27H42N2O4Si2/c1-18(2)34(19(3)4)30-17-27-26(32-35(33-34,20(5)6)21(7)8)15-25(31-27)22-12-13-24(29-16-22)23-11-9-10-14-28-23/h9-14,16,18-21,25-27H,15,17H2,1-8H3/t25-,26+,27-/m1/s1. The highest BCUT2D eigenvalue weighted by Crippen LogP contribution is 2.48. The molecule has 2 fully saturated rings. The lowest BCUT2D eigenvalue weighted by molar-refractivity contribution is -0.0386. The summed E-state index contributed by atoms with van der Waals surface area (Å²) >= 11 is 0. The molecular weight excluding hydrogens is 472 g/mol. The molecule has 8 heteroatoms. The first-order valence-corrected chi connectivity index (χ1v) is 17.1. The number of ether oxygens (including phenoxy) is 1. The van der Waals surface area contributed by atoms with Crippen molar-refractivity contribution in [3.63, 3.8) is 0 Å². The predicted molar refractivity (Wildman–Crippen MR) is 144 cm³/mol. The number of hydrogen-bond donors (Lipinski definition) is 0. The Labute approximate surface area is 213 Å². The van der Waals surface area contributed by atoms with E-state index in [0.29, 0.717) is 28.8 Å². The maximum absolute atomic E-state index is 7.28. The van der Waals surface area contributed by atoms with Crippen LogP contribution in [-0.2, 0) is 17.7 Å². The first-order valence-electron chi connectivity index (χ1n) is 13.1. The van der Waals surface area contributed by atoms with Gasteiger partial charge < -0.3 is 17.7 Å². The van der Waals surface area contributed by atoms with Crippen molar-refractivity contribution in [2.45, 2.75) is 102 Å². The summed E-state index contributed by atoms with van der Waals surface area (Å²) in [5, 5.41) is 0. The van der Waals surface area contributed by atoms with Gasteiger partial charge in [0, 0.05) is 18.8 Å². The van der Waals surface area contributed by atoms with Gasteiger partial charge in [-0.05, 0) is 45.9 Å². The number of fused-ring (bicyclic) bond motifs is 1. The van der Waals surface area contributed by atoms with Crippen molar-refractivity contribution in [2.75, 3.05) is 6.61 Å². The Hall–Kier alpha value is -1.43. The third kappa shape index (κ3) is 5.06. The fraction of sp³-hybridized carbons (Fsp3) is 0.630. The van der Waals surface area contributed by atoms with Gasteiger partial charge in [-0.15, -0.1) is 0 Å². The Kier molecular flexibility index (Phi) is 8.00. The second kappa shape index (κ2) is 10.5. The van der Waals surface area contributed by atoms with Crippen LogP contribution in [0.3, 0.4) is 0 Å². The zero-order valence-corrected chi connectivity index (χ0v) is 24.5. The number of aromatic nitrogens is 2. The molecule has 35 heavy (non-hydrogen) atoms. The molecule has 4 heterocycles. The molecule has 2 aromatic heterocycles. The topological polar surface area (TPSA) is 62.7 Å². The lowest BCUT2D eigenvalue weighted by Gasteiger charge is -2.51. The minimum Gasteiger partial charge on any atom is -0.414 e. The molecule has 0 aromatic carbocycles. The van der Waals surface area contributed by atoms with Gasteiger partial charge in [0.05, 0.1) is 30.2 Å². The Bertz CT molecular complexity index is 953. The highest BCUT2D eigenvalue weighted by molar-refractivity contribution is 6.83. The lowest BCUT2D eigenvalue weighted by atomic mass is 10.1. The van der Waals surface area contributed by atoms with E-state index >= 15 is 0 Å². The van der Waals surface area contributed by atoms with Gasteiger partial charge in [-0.1, -0.05) is 67.5 Å². The van der Waals surface area contributed by atoms with Crippen molar-refractivity contribution in [3.8, 4) is 11.4 Å². The molecule has 6 nitrogen and oxygen atoms in total. The minimum atomic E-state index is -2.62. The summed E-state index contributed by atoms with van der Waals surface area (Å²) in [5.74, 6) is 0. The number of rotatable bonds is 6. The van der Waals surface area contributed by atoms with Gasteiger partial charge in [0.25, 0.3) is 0 Å². The van der Waals surface area contributed by atoms with E-state index in [0.717, 1.165) is 23.4 Å². The molecule has 2 aliphatic heterocycles. The molecular formula is C27H42N2O4Si2. The van der Waals surface area contributed by atoms with Crippen molar-refractivity contribution >= 4 is 17.1 Å². The zero-order valence-electron chi connectivity index (χ0n) is 22.5. The zero-order chi connectivity index (χ0) is 25.4. The van der Waals surface area contributed by atoms with Gasteiger partial charge in [0.2, 0.25) is 0 Å². The van der Waals surface area contributed by atoms with Crippen LogP contribution < -0.4 is 0 Å². The van der Waals surface area contributed by atoms with Crippen LogP contribution >= 0.6 is 0 Å². The van der Waals surface area contributed by atoms with Crippen LogP contribution in [0.5, 0.6) is 0 Å². The van der Waals surface area contributed by atoms with Crippen LogP contribution in [-0.4, -0.2) is 45.9 Å². The van der Waals surface area contributed by atoms with Gasteiger partial charge in [-0.25, -0.2) is 0 Å². The third-order valence-corrected chi connectivity index (χ3v) is 17.9. The molecule has 0 radical (unpaired) electrons. The Morgan fingerprint density at radius 2 is 1.43 bits per heavy atom. The van der Waals surface area contributed by atoms with Gasteiger partial charge >= 0.3 is 17.1 Å². The summed E-state index contributed by atoms with van der Waals surface area (Å²) in [6, 6.07) is 10.00. The number of pyridine rings is 2. The maximum atomic E-state index is 7.28. The van der Waals surface area contributed by atoms with Crippen molar-refractivity contribution in [2.24, 2.45) is 0 Å². The van der Waals surface area contributed by atoms with E-state index in [4.69, 9.17) is 17.7 Å². The number of nitrogens with zero attached hydrogens (tertiary/aromatic N) is 2. The molecule has 0 N–H and O–H groups in total. The highest BCUT2D eigenvalue weighted by atomic mass is 28.5. The summed E-state index contributed by atoms with van der Waals surface area (Å²) in [7, 11) is -5.17. The van der Waals surface area contributed by atoms with Crippen LogP contribution in [0.1, 0.15) is 73.5 Å². The summed E-state index contributed by atoms with van der Waals surface area (Å²) in [4.78, 5) is 9.09. The van der Waals surface area contributed by atoms with Crippen molar-refractivity contribution in [1.29, 1.82) is 0 Å². The molecule has 2 aliphatic rings. The molecule has 2 aromatic rings. The molecule has 0 unspecified atom stereocenters. The Morgan fingerprint density at radius 3 is 1.97 bits per heavy atom. The lowest BCUT2D eigenvalue weighted by Crippen LogP contribution is -2.65. The second-order valence-electron chi connectivity index (χ2n) is 11.2. The minimum absolute atomic E-state index is 0.0433. The smallest absolute Gasteiger partial charge is 0.335 e. The summed E-state index contributed by atoms with van der Waals surface area (Å²) in [6.07, 6.45) is 4.28. The van der Waals surface area contributed by atoms with E-state index in [1.165, 1.54) is 0 Å². The molecule has 3 atom stereocenters.